The first-order valence-corrected chi connectivity index (χ1v) is 5.68. The number of likely N-dealkylation sites (N-methyl/N-ethyl adjacent to an activating group) is 1. The van der Waals surface area contributed by atoms with E-state index in [0.717, 1.165) is 0 Å². The molecule has 17 heavy (non-hydrogen) atoms. The summed E-state index contributed by atoms with van der Waals surface area (Å²) in [5.74, 6) is 0.396. The van der Waals surface area contributed by atoms with Crippen molar-refractivity contribution in [3.63, 3.8) is 0 Å². The second-order valence-corrected chi connectivity index (χ2v) is 4.69. The van der Waals surface area contributed by atoms with E-state index in [9.17, 15) is 9.59 Å². The fourth-order valence-electron chi connectivity index (χ4n) is 1.37. The van der Waals surface area contributed by atoms with Crippen LogP contribution in [0.15, 0.2) is 10.9 Å². The van der Waals surface area contributed by atoms with Crippen LogP contribution in [0.2, 0.25) is 5.15 Å². The van der Waals surface area contributed by atoms with Crippen LogP contribution >= 0.6 is 11.6 Å². The number of hydrogen-bond acceptors (Lipinski definition) is 3. The summed E-state index contributed by atoms with van der Waals surface area (Å²) in [5, 5.41) is 0.159. The van der Waals surface area contributed by atoms with Gasteiger partial charge in [-0.2, -0.15) is 0 Å². The van der Waals surface area contributed by atoms with Gasteiger partial charge in [-0.1, -0.05) is 25.4 Å². The number of amides is 1. The molecule has 0 N–H and O–H groups in total. The van der Waals surface area contributed by atoms with Gasteiger partial charge in [0, 0.05) is 26.1 Å². The molecule has 1 aromatic rings. The second kappa shape index (κ2) is 5.31. The molecule has 1 rings (SSSR count). The molecule has 94 valence electrons. The fraction of sp³-hybridized carbons (Fsp3) is 0.545. The van der Waals surface area contributed by atoms with Crippen LogP contribution in [-0.4, -0.2) is 34.5 Å². The van der Waals surface area contributed by atoms with Crippen molar-refractivity contribution in [1.29, 1.82) is 0 Å². The van der Waals surface area contributed by atoms with Crippen LogP contribution < -0.4 is 5.56 Å². The van der Waals surface area contributed by atoms with Crippen LogP contribution in [0, 0.1) is 0 Å². The first kappa shape index (κ1) is 13.7. The third-order valence-corrected chi connectivity index (χ3v) is 2.51. The summed E-state index contributed by atoms with van der Waals surface area (Å²) >= 11 is 5.75. The normalized spacial score (nSPS) is 10.7. The number of nitrogens with zero attached hydrogens (tertiary/aromatic N) is 3. The van der Waals surface area contributed by atoms with E-state index < -0.39 is 0 Å². The lowest BCUT2D eigenvalue weighted by Gasteiger charge is -2.16. The largest absolute Gasteiger partial charge is 0.347 e. The van der Waals surface area contributed by atoms with Gasteiger partial charge >= 0.3 is 0 Å². The molecule has 0 radical (unpaired) electrons. The molecule has 1 aromatic heterocycles. The standard InChI is InChI=1S/C11H16ClN3O2/c1-7(2)11-13-8(12)5-9(16)15(11)6-10(17)14(3)4/h5,7H,6H2,1-4H3. The zero-order chi connectivity index (χ0) is 13.2. The van der Waals surface area contributed by atoms with Crippen molar-refractivity contribution in [2.75, 3.05) is 14.1 Å². The van der Waals surface area contributed by atoms with Gasteiger partial charge in [-0.3, -0.25) is 14.2 Å². The van der Waals surface area contributed by atoms with E-state index in [1.54, 1.807) is 14.1 Å². The Bertz CT molecular complexity index is 480. The first-order chi connectivity index (χ1) is 7.82. The van der Waals surface area contributed by atoms with E-state index >= 15 is 0 Å². The van der Waals surface area contributed by atoms with Crippen molar-refractivity contribution in [1.82, 2.24) is 14.5 Å². The summed E-state index contributed by atoms with van der Waals surface area (Å²) < 4.78 is 1.36. The SMILES string of the molecule is CC(C)c1nc(Cl)cc(=O)n1CC(=O)N(C)C. The molecule has 0 unspecified atom stereocenters. The van der Waals surface area contributed by atoms with Crippen molar-refractivity contribution in [3.05, 3.63) is 27.4 Å². The van der Waals surface area contributed by atoms with Crippen molar-refractivity contribution >= 4 is 17.5 Å². The number of carbonyl (C=O) groups excluding carboxylic acids is 1. The lowest BCUT2D eigenvalue weighted by Crippen LogP contribution is -2.34. The lowest BCUT2D eigenvalue weighted by atomic mass is 10.2. The summed E-state index contributed by atoms with van der Waals surface area (Å²) in [7, 11) is 3.29. The Balaban J connectivity index is 3.22. The highest BCUT2D eigenvalue weighted by molar-refractivity contribution is 6.29. The molecule has 0 saturated carbocycles. The van der Waals surface area contributed by atoms with Gasteiger partial charge in [0.2, 0.25) is 5.91 Å². The molecular weight excluding hydrogens is 242 g/mol. The van der Waals surface area contributed by atoms with Crippen LogP contribution in [0.3, 0.4) is 0 Å². The topological polar surface area (TPSA) is 55.2 Å². The highest BCUT2D eigenvalue weighted by Gasteiger charge is 2.15. The minimum absolute atomic E-state index is 0.0104. The molecule has 6 heteroatoms. The van der Waals surface area contributed by atoms with Crippen LogP contribution in [0.4, 0.5) is 0 Å². The van der Waals surface area contributed by atoms with Gasteiger partial charge in [0.25, 0.3) is 5.56 Å². The van der Waals surface area contributed by atoms with E-state index in [4.69, 9.17) is 11.6 Å². The van der Waals surface area contributed by atoms with Crippen LogP contribution in [-0.2, 0) is 11.3 Å². The van der Waals surface area contributed by atoms with E-state index in [1.165, 1.54) is 15.5 Å². The summed E-state index contributed by atoms with van der Waals surface area (Å²) in [6.07, 6.45) is 0. The number of halogens is 1. The molecular formula is C11H16ClN3O2. The monoisotopic (exact) mass is 257 g/mol. The number of hydrogen-bond donors (Lipinski definition) is 0. The first-order valence-electron chi connectivity index (χ1n) is 5.30. The van der Waals surface area contributed by atoms with Gasteiger partial charge in [-0.05, 0) is 0 Å². The highest BCUT2D eigenvalue weighted by atomic mass is 35.5. The van der Waals surface area contributed by atoms with Gasteiger partial charge in [0.15, 0.2) is 0 Å². The van der Waals surface area contributed by atoms with Gasteiger partial charge in [0.1, 0.15) is 17.5 Å². The Kier molecular flexibility index (Phi) is 4.28. The average Bonchev–Trinajstić information content (AvgIpc) is 2.20. The lowest BCUT2D eigenvalue weighted by molar-refractivity contribution is -0.129. The van der Waals surface area contributed by atoms with E-state index in [-0.39, 0.29) is 29.1 Å². The minimum atomic E-state index is -0.302. The Morgan fingerprint density at radius 3 is 2.59 bits per heavy atom. The van der Waals surface area contributed by atoms with E-state index in [0.29, 0.717) is 5.82 Å². The Labute approximate surface area is 105 Å². The number of carbonyl (C=O) groups is 1. The van der Waals surface area contributed by atoms with Crippen molar-refractivity contribution in [2.24, 2.45) is 0 Å². The molecule has 0 aliphatic carbocycles. The predicted octanol–water partition coefficient (Wildman–Crippen LogP) is 1.11. The summed E-state index contributed by atoms with van der Waals surface area (Å²) in [4.78, 5) is 29.0. The molecule has 0 aliphatic heterocycles. The molecule has 0 saturated heterocycles. The Morgan fingerprint density at radius 2 is 2.12 bits per heavy atom. The summed E-state index contributed by atoms with van der Waals surface area (Å²) in [6.45, 7) is 3.78. The third-order valence-electron chi connectivity index (χ3n) is 2.32. The molecule has 0 aliphatic rings. The zero-order valence-electron chi connectivity index (χ0n) is 10.4. The summed E-state index contributed by atoms with van der Waals surface area (Å²) in [5.41, 5.74) is -0.302. The number of aromatic nitrogens is 2. The molecule has 1 heterocycles. The van der Waals surface area contributed by atoms with Crippen LogP contribution in [0.1, 0.15) is 25.6 Å². The minimum Gasteiger partial charge on any atom is -0.347 e. The molecule has 0 spiro atoms. The third kappa shape index (κ3) is 3.30. The van der Waals surface area contributed by atoms with Gasteiger partial charge in [0.05, 0.1) is 0 Å². The summed E-state index contributed by atoms with van der Waals surface area (Å²) in [6, 6.07) is 1.22. The molecule has 0 bridgehead atoms. The van der Waals surface area contributed by atoms with Crippen LogP contribution in [0.25, 0.3) is 0 Å². The highest BCUT2D eigenvalue weighted by Crippen LogP contribution is 2.12. The maximum atomic E-state index is 11.8. The molecule has 0 fully saturated rings. The predicted molar refractivity (Wildman–Crippen MR) is 66.3 cm³/mol. The molecule has 5 nitrogen and oxygen atoms in total. The van der Waals surface area contributed by atoms with Crippen molar-refractivity contribution < 1.29 is 4.79 Å². The second-order valence-electron chi connectivity index (χ2n) is 4.30. The quantitative estimate of drug-likeness (QED) is 0.763. The fourth-order valence-corrected chi connectivity index (χ4v) is 1.55. The van der Waals surface area contributed by atoms with E-state index in [1.807, 2.05) is 13.8 Å². The molecule has 0 aromatic carbocycles. The van der Waals surface area contributed by atoms with E-state index in [2.05, 4.69) is 4.98 Å². The van der Waals surface area contributed by atoms with Gasteiger partial charge in [-0.15, -0.1) is 0 Å². The Morgan fingerprint density at radius 1 is 1.53 bits per heavy atom. The Hall–Kier alpha value is -1.36. The molecule has 1 amide bonds. The smallest absolute Gasteiger partial charge is 0.255 e. The average molecular weight is 258 g/mol. The zero-order valence-corrected chi connectivity index (χ0v) is 11.2. The maximum Gasteiger partial charge on any atom is 0.255 e. The van der Waals surface area contributed by atoms with Gasteiger partial charge in [-0.25, -0.2) is 4.98 Å². The number of rotatable bonds is 3. The van der Waals surface area contributed by atoms with Crippen molar-refractivity contribution in [2.45, 2.75) is 26.3 Å². The molecule has 0 atom stereocenters. The maximum absolute atomic E-state index is 11.8. The van der Waals surface area contributed by atoms with Gasteiger partial charge < -0.3 is 4.90 Å². The van der Waals surface area contributed by atoms with Crippen molar-refractivity contribution in [3.8, 4) is 0 Å². The van der Waals surface area contributed by atoms with Crippen LogP contribution in [0.5, 0.6) is 0 Å².